The maximum Gasteiger partial charge on any atom is 0.236 e. The number of rotatable bonds is 6. The van der Waals surface area contributed by atoms with Crippen LogP contribution in [0.5, 0.6) is 0 Å². The number of carbonyl (C=O) groups is 1. The van der Waals surface area contributed by atoms with Gasteiger partial charge in [0, 0.05) is 13.1 Å². The number of ether oxygens (including phenoxy) is 1. The average Bonchev–Trinajstić information content (AvgIpc) is 2.34. The van der Waals surface area contributed by atoms with Gasteiger partial charge in [-0.1, -0.05) is 6.92 Å². The van der Waals surface area contributed by atoms with Crippen LogP contribution in [0.4, 0.5) is 0 Å². The van der Waals surface area contributed by atoms with E-state index >= 15 is 0 Å². The lowest BCUT2D eigenvalue weighted by atomic mass is 10.1. The highest BCUT2D eigenvalue weighted by molar-refractivity contribution is 5.81. The van der Waals surface area contributed by atoms with Crippen molar-refractivity contribution in [3.63, 3.8) is 0 Å². The van der Waals surface area contributed by atoms with Crippen LogP contribution in [0.2, 0.25) is 0 Å². The molecular formula is C12H22N2O2. The Labute approximate surface area is 97.4 Å². The van der Waals surface area contributed by atoms with E-state index in [1.807, 2.05) is 19.9 Å². The molecule has 0 aromatic carbocycles. The third-order valence-electron chi connectivity index (χ3n) is 2.62. The van der Waals surface area contributed by atoms with E-state index in [-0.39, 0.29) is 18.1 Å². The second-order valence-electron chi connectivity index (χ2n) is 4.13. The topological polar surface area (TPSA) is 50.4 Å². The second-order valence-corrected chi connectivity index (χ2v) is 4.13. The molecule has 2 atom stereocenters. The minimum atomic E-state index is -0.152. The summed E-state index contributed by atoms with van der Waals surface area (Å²) in [6, 6.07) is -0.152. The van der Waals surface area contributed by atoms with Crippen LogP contribution in [0, 0.1) is 0 Å². The molecule has 2 N–H and O–H groups in total. The van der Waals surface area contributed by atoms with E-state index in [0.717, 1.165) is 32.4 Å². The molecular weight excluding hydrogens is 204 g/mol. The summed E-state index contributed by atoms with van der Waals surface area (Å²) in [6.07, 6.45) is 7.02. The molecule has 0 aromatic heterocycles. The van der Waals surface area contributed by atoms with Gasteiger partial charge < -0.3 is 15.4 Å². The van der Waals surface area contributed by atoms with Gasteiger partial charge in [0.1, 0.15) is 6.10 Å². The van der Waals surface area contributed by atoms with Crippen molar-refractivity contribution in [1.29, 1.82) is 0 Å². The first-order valence-electron chi connectivity index (χ1n) is 6.05. The molecule has 2 unspecified atom stereocenters. The highest BCUT2D eigenvalue weighted by Crippen LogP contribution is 2.09. The average molecular weight is 226 g/mol. The first-order chi connectivity index (χ1) is 7.74. The van der Waals surface area contributed by atoms with E-state index in [0.29, 0.717) is 0 Å². The predicted octanol–water partition coefficient (Wildman–Crippen LogP) is 1.18. The Morgan fingerprint density at radius 3 is 3.06 bits per heavy atom. The Morgan fingerprint density at radius 1 is 1.62 bits per heavy atom. The highest BCUT2D eigenvalue weighted by atomic mass is 16.5. The quantitative estimate of drug-likeness (QED) is 0.715. The number of hydrogen-bond acceptors (Lipinski definition) is 3. The van der Waals surface area contributed by atoms with Gasteiger partial charge in [-0.2, -0.15) is 0 Å². The van der Waals surface area contributed by atoms with Crippen molar-refractivity contribution in [1.82, 2.24) is 10.6 Å². The molecule has 1 heterocycles. The molecule has 0 fully saturated rings. The van der Waals surface area contributed by atoms with Gasteiger partial charge in [0.25, 0.3) is 0 Å². The molecule has 0 aromatic rings. The molecule has 1 aliphatic heterocycles. The first kappa shape index (κ1) is 13.0. The molecule has 0 spiro atoms. The van der Waals surface area contributed by atoms with Crippen LogP contribution >= 0.6 is 0 Å². The molecule has 0 aliphatic carbocycles. The highest BCUT2D eigenvalue weighted by Gasteiger charge is 2.15. The van der Waals surface area contributed by atoms with Crippen LogP contribution < -0.4 is 10.6 Å². The Bertz CT molecular complexity index is 241. The first-order valence-corrected chi connectivity index (χ1v) is 6.05. The van der Waals surface area contributed by atoms with Gasteiger partial charge in [-0.25, -0.2) is 0 Å². The smallest absolute Gasteiger partial charge is 0.236 e. The van der Waals surface area contributed by atoms with Crippen LogP contribution in [0.3, 0.4) is 0 Å². The predicted molar refractivity (Wildman–Crippen MR) is 64.0 cm³/mol. The molecule has 4 nitrogen and oxygen atoms in total. The van der Waals surface area contributed by atoms with Crippen LogP contribution in [0.25, 0.3) is 0 Å². The van der Waals surface area contributed by atoms with Gasteiger partial charge in [0.05, 0.1) is 12.3 Å². The van der Waals surface area contributed by atoms with E-state index in [4.69, 9.17) is 4.74 Å². The monoisotopic (exact) mass is 226 g/mol. The molecule has 1 amide bonds. The summed E-state index contributed by atoms with van der Waals surface area (Å²) in [5, 5.41) is 6.05. The zero-order valence-electron chi connectivity index (χ0n) is 10.2. The summed E-state index contributed by atoms with van der Waals surface area (Å²) in [4.78, 5) is 11.5. The fourth-order valence-corrected chi connectivity index (χ4v) is 1.54. The molecule has 1 rings (SSSR count). The van der Waals surface area contributed by atoms with Gasteiger partial charge in [0.15, 0.2) is 0 Å². The third-order valence-corrected chi connectivity index (χ3v) is 2.62. The molecule has 0 saturated heterocycles. The number of hydrogen-bond donors (Lipinski definition) is 2. The van der Waals surface area contributed by atoms with Crippen LogP contribution in [-0.4, -0.2) is 31.1 Å². The van der Waals surface area contributed by atoms with E-state index in [2.05, 4.69) is 10.6 Å². The van der Waals surface area contributed by atoms with Crippen molar-refractivity contribution in [3.05, 3.63) is 12.3 Å². The number of nitrogens with one attached hydrogen (secondary N) is 2. The Kier molecular flexibility index (Phi) is 5.93. The number of amides is 1. The summed E-state index contributed by atoms with van der Waals surface area (Å²) in [5.41, 5.74) is 0. The fourth-order valence-electron chi connectivity index (χ4n) is 1.54. The summed E-state index contributed by atoms with van der Waals surface area (Å²) in [5.74, 6) is 0.0631. The lowest BCUT2D eigenvalue weighted by Gasteiger charge is -2.22. The van der Waals surface area contributed by atoms with Crippen molar-refractivity contribution < 1.29 is 9.53 Å². The molecule has 0 radical (unpaired) electrons. The maximum atomic E-state index is 11.5. The third kappa shape index (κ3) is 4.66. The normalized spacial score (nSPS) is 21.2. The lowest BCUT2D eigenvalue weighted by molar-refractivity contribution is -0.122. The van der Waals surface area contributed by atoms with Crippen molar-refractivity contribution in [3.8, 4) is 0 Å². The fraction of sp³-hybridized carbons (Fsp3) is 0.750. The molecule has 1 aliphatic rings. The molecule has 0 bridgehead atoms. The lowest BCUT2D eigenvalue weighted by Crippen LogP contribution is -2.45. The van der Waals surface area contributed by atoms with Gasteiger partial charge in [-0.05, 0) is 32.3 Å². The maximum absolute atomic E-state index is 11.5. The summed E-state index contributed by atoms with van der Waals surface area (Å²) >= 11 is 0. The largest absolute Gasteiger partial charge is 0.497 e. The zero-order valence-corrected chi connectivity index (χ0v) is 10.2. The minimum Gasteiger partial charge on any atom is -0.497 e. The Morgan fingerprint density at radius 2 is 2.44 bits per heavy atom. The van der Waals surface area contributed by atoms with Crippen molar-refractivity contribution in [2.75, 3.05) is 13.1 Å². The number of allylic oxidation sites excluding steroid dienone is 1. The second kappa shape index (κ2) is 7.28. The van der Waals surface area contributed by atoms with Crippen molar-refractivity contribution >= 4 is 5.91 Å². The van der Waals surface area contributed by atoms with E-state index in [9.17, 15) is 4.79 Å². The number of carbonyl (C=O) groups excluding carboxylic acids is 1. The molecule has 4 heteroatoms. The summed E-state index contributed by atoms with van der Waals surface area (Å²) < 4.78 is 5.41. The molecule has 16 heavy (non-hydrogen) atoms. The van der Waals surface area contributed by atoms with Gasteiger partial charge in [0.2, 0.25) is 5.91 Å². The SMILES string of the molecule is CCCNC(=O)C(C)NCC1CCC=CO1. The Hall–Kier alpha value is -1.03. The van der Waals surface area contributed by atoms with E-state index < -0.39 is 0 Å². The van der Waals surface area contributed by atoms with E-state index in [1.165, 1.54) is 0 Å². The molecule has 0 saturated carbocycles. The van der Waals surface area contributed by atoms with E-state index in [1.54, 1.807) is 6.26 Å². The van der Waals surface area contributed by atoms with Gasteiger partial charge in [-0.15, -0.1) is 0 Å². The summed E-state index contributed by atoms with van der Waals surface area (Å²) in [6.45, 7) is 5.39. The zero-order chi connectivity index (χ0) is 11.8. The van der Waals surface area contributed by atoms with Crippen molar-refractivity contribution in [2.45, 2.75) is 45.3 Å². The molecule has 92 valence electrons. The van der Waals surface area contributed by atoms with Crippen LogP contribution in [0.1, 0.15) is 33.1 Å². The van der Waals surface area contributed by atoms with Gasteiger partial charge in [-0.3, -0.25) is 4.79 Å². The summed E-state index contributed by atoms with van der Waals surface area (Å²) in [7, 11) is 0. The van der Waals surface area contributed by atoms with Crippen molar-refractivity contribution in [2.24, 2.45) is 0 Å². The van der Waals surface area contributed by atoms with Crippen LogP contribution in [0.15, 0.2) is 12.3 Å². The van der Waals surface area contributed by atoms with Gasteiger partial charge >= 0.3 is 0 Å². The van der Waals surface area contributed by atoms with Crippen LogP contribution in [-0.2, 0) is 9.53 Å². The minimum absolute atomic E-state index is 0.0631. The Balaban J connectivity index is 2.15. The standard InChI is InChI=1S/C12H22N2O2/c1-3-7-13-12(15)10(2)14-9-11-6-4-5-8-16-11/h5,8,10-11,14H,3-4,6-7,9H2,1-2H3,(H,13,15).